The highest BCUT2D eigenvalue weighted by molar-refractivity contribution is 6.74. The summed E-state index contributed by atoms with van der Waals surface area (Å²) in [7, 11) is -0.141. The number of hydrogen-bond donors (Lipinski definition) is 1. The first kappa shape index (κ1) is 22.7. The molecule has 0 amide bonds. The van der Waals surface area contributed by atoms with Gasteiger partial charge in [-0.25, -0.2) is 0 Å². The summed E-state index contributed by atoms with van der Waals surface area (Å²) >= 11 is 0. The number of aliphatic hydroxyl groups excluding tert-OH is 1. The number of benzene rings is 1. The normalized spacial score (nSPS) is 32.4. The molecule has 2 aliphatic carbocycles. The monoisotopic (exact) mass is 416 g/mol. The second-order valence-corrected chi connectivity index (χ2v) is 15.4. The lowest BCUT2D eigenvalue weighted by atomic mass is 9.85. The Hall–Kier alpha value is -0.943. The molecule has 0 aliphatic heterocycles. The number of allylic oxidation sites excluding steroid dienone is 1. The van der Waals surface area contributed by atoms with Crippen LogP contribution in [-0.4, -0.2) is 32.4 Å². The summed E-state index contributed by atoms with van der Waals surface area (Å²) < 4.78 is 13.1. The lowest BCUT2D eigenvalue weighted by Gasteiger charge is -2.41. The fourth-order valence-electron chi connectivity index (χ4n) is 4.63. The Bertz CT molecular complexity index is 709. The highest BCUT2D eigenvalue weighted by Gasteiger charge is 2.72. The zero-order valence-electron chi connectivity index (χ0n) is 19.2. The second kappa shape index (κ2) is 8.30. The quantitative estimate of drug-likeness (QED) is 0.312. The molecule has 162 valence electrons. The van der Waals surface area contributed by atoms with Crippen LogP contribution in [0.3, 0.4) is 0 Å². The van der Waals surface area contributed by atoms with Crippen LogP contribution >= 0.6 is 0 Å². The van der Waals surface area contributed by atoms with Gasteiger partial charge in [0.05, 0.1) is 11.5 Å². The number of aliphatic hydroxyl groups is 1. The lowest BCUT2D eigenvalue weighted by Crippen LogP contribution is -2.47. The second-order valence-electron chi connectivity index (χ2n) is 10.6. The van der Waals surface area contributed by atoms with E-state index >= 15 is 0 Å². The molecule has 4 heteroatoms. The summed E-state index contributed by atoms with van der Waals surface area (Å²) in [6.45, 7) is 11.5. The van der Waals surface area contributed by atoms with Gasteiger partial charge in [0.15, 0.2) is 14.1 Å². The molecule has 1 aromatic carbocycles. The fourth-order valence-corrected chi connectivity index (χ4v) is 6.11. The van der Waals surface area contributed by atoms with Crippen LogP contribution < -0.4 is 0 Å². The zero-order chi connectivity index (χ0) is 21.3. The molecular weight excluding hydrogens is 376 g/mol. The molecule has 1 fully saturated rings. The van der Waals surface area contributed by atoms with E-state index in [2.05, 4.69) is 70.3 Å². The van der Waals surface area contributed by atoms with E-state index in [-0.39, 0.29) is 16.6 Å². The van der Waals surface area contributed by atoms with E-state index in [1.807, 2.05) is 13.2 Å². The lowest BCUT2D eigenvalue weighted by molar-refractivity contribution is -0.109. The molecule has 0 heterocycles. The van der Waals surface area contributed by atoms with E-state index in [0.717, 1.165) is 38.5 Å². The molecule has 0 radical (unpaired) electrons. The SMILES string of the molecule is COC1(O[Si](C)(C)C(C)(C)C)CC1(CCCC1C=CC(O)CC1)c1ccccc1. The van der Waals surface area contributed by atoms with E-state index in [1.54, 1.807) is 0 Å². The molecule has 0 bridgehead atoms. The first-order valence-electron chi connectivity index (χ1n) is 11.2. The van der Waals surface area contributed by atoms with Crippen molar-refractivity contribution < 1.29 is 14.3 Å². The molecule has 1 aromatic rings. The van der Waals surface area contributed by atoms with Crippen molar-refractivity contribution >= 4 is 8.32 Å². The van der Waals surface area contributed by atoms with Crippen LogP contribution in [0.2, 0.25) is 18.1 Å². The predicted octanol–water partition coefficient (Wildman–Crippen LogP) is 6.19. The first-order chi connectivity index (χ1) is 13.6. The highest BCUT2D eigenvalue weighted by Crippen LogP contribution is 2.65. The van der Waals surface area contributed by atoms with Crippen molar-refractivity contribution in [1.82, 2.24) is 0 Å². The van der Waals surface area contributed by atoms with Crippen LogP contribution in [0.1, 0.15) is 64.9 Å². The van der Waals surface area contributed by atoms with E-state index < -0.39 is 14.1 Å². The summed E-state index contributed by atoms with van der Waals surface area (Å²) in [5.74, 6) is 0.0823. The number of methoxy groups -OCH3 is 1. The molecule has 4 unspecified atom stereocenters. The largest absolute Gasteiger partial charge is 0.389 e. The van der Waals surface area contributed by atoms with Crippen LogP contribution in [-0.2, 0) is 14.6 Å². The molecular formula is C25H40O3Si. The molecule has 0 spiro atoms. The van der Waals surface area contributed by atoms with Crippen molar-refractivity contribution in [2.75, 3.05) is 7.11 Å². The minimum absolute atomic E-state index is 0.0591. The van der Waals surface area contributed by atoms with Crippen LogP contribution in [0, 0.1) is 5.92 Å². The maximum atomic E-state index is 9.70. The van der Waals surface area contributed by atoms with Gasteiger partial charge in [-0.2, -0.15) is 0 Å². The van der Waals surface area contributed by atoms with Crippen molar-refractivity contribution in [3.05, 3.63) is 48.0 Å². The van der Waals surface area contributed by atoms with Crippen LogP contribution in [0.25, 0.3) is 0 Å². The van der Waals surface area contributed by atoms with Gasteiger partial charge < -0.3 is 14.3 Å². The van der Waals surface area contributed by atoms with Gasteiger partial charge in [-0.1, -0.05) is 69.7 Å². The summed E-state index contributed by atoms with van der Waals surface area (Å²) in [4.78, 5) is 0. The number of rotatable bonds is 8. The maximum Gasteiger partial charge on any atom is 0.195 e. The minimum atomic E-state index is -1.96. The smallest absolute Gasteiger partial charge is 0.195 e. The molecule has 2 aliphatic rings. The Morgan fingerprint density at radius 3 is 2.34 bits per heavy atom. The Balaban J connectivity index is 1.78. The van der Waals surface area contributed by atoms with Crippen LogP contribution in [0.15, 0.2) is 42.5 Å². The van der Waals surface area contributed by atoms with E-state index in [0.29, 0.717) is 5.92 Å². The fraction of sp³-hybridized carbons (Fsp3) is 0.680. The Morgan fingerprint density at radius 2 is 1.79 bits per heavy atom. The van der Waals surface area contributed by atoms with Gasteiger partial charge >= 0.3 is 0 Å². The van der Waals surface area contributed by atoms with Crippen molar-refractivity contribution in [1.29, 1.82) is 0 Å². The molecule has 29 heavy (non-hydrogen) atoms. The topological polar surface area (TPSA) is 38.7 Å². The highest BCUT2D eigenvalue weighted by atomic mass is 28.4. The van der Waals surface area contributed by atoms with E-state index in [9.17, 15) is 5.11 Å². The van der Waals surface area contributed by atoms with Gasteiger partial charge in [0.2, 0.25) is 0 Å². The third-order valence-corrected chi connectivity index (χ3v) is 12.1. The van der Waals surface area contributed by atoms with Crippen molar-refractivity contribution in [3.8, 4) is 0 Å². The predicted molar refractivity (Wildman–Crippen MR) is 122 cm³/mol. The van der Waals surface area contributed by atoms with Gasteiger partial charge in [-0.15, -0.1) is 0 Å². The van der Waals surface area contributed by atoms with Gasteiger partial charge in [0.1, 0.15) is 0 Å². The number of hydrogen-bond acceptors (Lipinski definition) is 3. The van der Waals surface area contributed by atoms with Crippen LogP contribution in [0.5, 0.6) is 0 Å². The number of ether oxygens (including phenoxy) is 1. The molecule has 0 saturated heterocycles. The van der Waals surface area contributed by atoms with Crippen LogP contribution in [0.4, 0.5) is 0 Å². The van der Waals surface area contributed by atoms with Crippen molar-refractivity contribution in [2.45, 2.75) is 94.7 Å². The standard InChI is InChI=1S/C25H40O3Si/c1-23(2,3)29(5,6)28-25(27-4)19-24(25,21-12-8-7-9-13-21)18-10-11-20-14-16-22(26)17-15-20/h7-9,12-14,16,20,22,26H,10-11,15,17-19H2,1-6H3. The minimum Gasteiger partial charge on any atom is -0.389 e. The van der Waals surface area contributed by atoms with Gasteiger partial charge in [0.25, 0.3) is 0 Å². The summed E-state index contributed by atoms with van der Waals surface area (Å²) in [5, 5.41) is 9.85. The van der Waals surface area contributed by atoms with Gasteiger partial charge in [0, 0.05) is 13.5 Å². The molecule has 4 atom stereocenters. The van der Waals surface area contributed by atoms with E-state index in [4.69, 9.17) is 9.16 Å². The molecule has 3 nitrogen and oxygen atoms in total. The zero-order valence-corrected chi connectivity index (χ0v) is 20.2. The van der Waals surface area contributed by atoms with Gasteiger partial charge in [-0.05, 0) is 55.3 Å². The Morgan fingerprint density at radius 1 is 1.10 bits per heavy atom. The Labute approximate surface area is 178 Å². The summed E-state index contributed by atoms with van der Waals surface area (Å²) in [6, 6.07) is 10.8. The van der Waals surface area contributed by atoms with Crippen molar-refractivity contribution in [3.63, 3.8) is 0 Å². The Kier molecular flexibility index (Phi) is 6.50. The van der Waals surface area contributed by atoms with Crippen molar-refractivity contribution in [2.24, 2.45) is 5.92 Å². The summed E-state index contributed by atoms with van der Waals surface area (Å²) in [5.41, 5.74) is 1.28. The third-order valence-electron chi connectivity index (χ3n) is 7.64. The average Bonchev–Trinajstić information content (AvgIpc) is 3.31. The molecule has 3 rings (SSSR count). The molecule has 0 aromatic heterocycles. The molecule has 1 N–H and O–H groups in total. The third kappa shape index (κ3) is 4.56. The first-order valence-corrected chi connectivity index (χ1v) is 14.1. The summed E-state index contributed by atoms with van der Waals surface area (Å²) in [6.07, 6.45) is 10.2. The average molecular weight is 417 g/mol. The van der Waals surface area contributed by atoms with E-state index in [1.165, 1.54) is 5.56 Å². The maximum absolute atomic E-state index is 9.70. The molecule has 1 saturated carbocycles. The van der Waals surface area contributed by atoms with Gasteiger partial charge in [-0.3, -0.25) is 0 Å².